The van der Waals surface area contributed by atoms with Gasteiger partial charge in [-0.3, -0.25) is 0 Å². The zero-order valence-corrected chi connectivity index (χ0v) is 10.1. The average Bonchev–Trinajstić information content (AvgIpc) is 2.41. The summed E-state index contributed by atoms with van der Waals surface area (Å²) >= 11 is 0. The van der Waals surface area contributed by atoms with Crippen LogP contribution in [0.5, 0.6) is 5.75 Å². The molecule has 17 heavy (non-hydrogen) atoms. The first kappa shape index (κ1) is 12.1. The summed E-state index contributed by atoms with van der Waals surface area (Å²) in [6.07, 6.45) is 2.94. The van der Waals surface area contributed by atoms with Crippen LogP contribution >= 0.6 is 0 Å². The molecule has 1 fully saturated rings. The van der Waals surface area contributed by atoms with Gasteiger partial charge in [0.05, 0.1) is 7.11 Å². The Morgan fingerprint density at radius 2 is 2.06 bits per heavy atom. The lowest BCUT2D eigenvalue weighted by molar-refractivity contribution is -0.110. The highest BCUT2D eigenvalue weighted by molar-refractivity contribution is 5.65. The number of aldehydes is 1. The third-order valence-corrected chi connectivity index (χ3v) is 3.42. The predicted molar refractivity (Wildman–Crippen MR) is 65.3 cm³/mol. The molecule has 1 saturated heterocycles. The van der Waals surface area contributed by atoms with Crippen molar-refractivity contribution in [1.82, 2.24) is 0 Å². The Bertz CT molecular complexity index is 369. The molecule has 0 amide bonds. The number of rotatable bonds is 4. The van der Waals surface area contributed by atoms with Crippen LogP contribution in [0.25, 0.3) is 0 Å². The molecule has 3 nitrogen and oxygen atoms in total. The average molecular weight is 234 g/mol. The smallest absolute Gasteiger partial charge is 0.127 e. The third-order valence-electron chi connectivity index (χ3n) is 3.42. The van der Waals surface area contributed by atoms with Crippen LogP contribution in [0.1, 0.15) is 24.3 Å². The standard InChI is InChI=1S/C14H18O3/c1-16-14-5-3-2-4-12(14)13(10-15)11-6-8-17-9-7-11/h2-5,10-11,13H,6-9H2,1H3. The van der Waals surface area contributed by atoms with Crippen LogP contribution in [0.3, 0.4) is 0 Å². The molecule has 0 N–H and O–H groups in total. The van der Waals surface area contributed by atoms with Crippen molar-refractivity contribution in [3.05, 3.63) is 29.8 Å². The molecular weight excluding hydrogens is 216 g/mol. The van der Waals surface area contributed by atoms with Crippen LogP contribution < -0.4 is 4.74 Å². The molecule has 0 aromatic heterocycles. The second-order valence-corrected chi connectivity index (χ2v) is 4.35. The van der Waals surface area contributed by atoms with E-state index in [0.29, 0.717) is 5.92 Å². The molecule has 0 radical (unpaired) electrons. The normalized spacial score (nSPS) is 18.6. The molecule has 1 aromatic rings. The third kappa shape index (κ3) is 2.67. The summed E-state index contributed by atoms with van der Waals surface area (Å²) < 4.78 is 10.7. The minimum atomic E-state index is -0.0740. The number of benzene rings is 1. The van der Waals surface area contributed by atoms with Gasteiger partial charge in [0, 0.05) is 24.7 Å². The number of para-hydroxylation sites is 1. The highest BCUT2D eigenvalue weighted by Gasteiger charge is 2.26. The minimum absolute atomic E-state index is 0.0740. The van der Waals surface area contributed by atoms with Gasteiger partial charge in [-0.2, -0.15) is 0 Å². The fourth-order valence-corrected chi connectivity index (χ4v) is 2.46. The second kappa shape index (κ2) is 5.82. The lowest BCUT2D eigenvalue weighted by Gasteiger charge is -2.27. The Kier molecular flexibility index (Phi) is 4.15. The van der Waals surface area contributed by atoms with Crippen molar-refractivity contribution >= 4 is 6.29 Å². The Hall–Kier alpha value is -1.35. The topological polar surface area (TPSA) is 35.5 Å². The molecule has 0 aliphatic carbocycles. The molecule has 3 heteroatoms. The monoisotopic (exact) mass is 234 g/mol. The number of hydrogen-bond acceptors (Lipinski definition) is 3. The van der Waals surface area contributed by atoms with E-state index < -0.39 is 0 Å². The molecule has 0 bridgehead atoms. The fraction of sp³-hybridized carbons (Fsp3) is 0.500. The first-order chi connectivity index (χ1) is 8.36. The van der Waals surface area contributed by atoms with Gasteiger partial charge < -0.3 is 14.3 Å². The fourth-order valence-electron chi connectivity index (χ4n) is 2.46. The van der Waals surface area contributed by atoms with Gasteiger partial charge in [-0.15, -0.1) is 0 Å². The molecule has 1 atom stereocenters. The SMILES string of the molecule is COc1ccccc1C(C=O)C1CCOCC1. The van der Waals surface area contributed by atoms with E-state index >= 15 is 0 Å². The van der Waals surface area contributed by atoms with Gasteiger partial charge in [0.1, 0.15) is 12.0 Å². The largest absolute Gasteiger partial charge is 0.496 e. The Labute approximate surface area is 102 Å². The molecular formula is C14H18O3. The lowest BCUT2D eigenvalue weighted by atomic mass is 9.82. The van der Waals surface area contributed by atoms with E-state index in [4.69, 9.17) is 9.47 Å². The molecule has 1 heterocycles. The van der Waals surface area contributed by atoms with Gasteiger partial charge in [-0.1, -0.05) is 18.2 Å². The van der Waals surface area contributed by atoms with Gasteiger partial charge in [0.25, 0.3) is 0 Å². The summed E-state index contributed by atoms with van der Waals surface area (Å²) in [5.41, 5.74) is 0.997. The number of methoxy groups -OCH3 is 1. The van der Waals surface area contributed by atoms with E-state index in [-0.39, 0.29) is 5.92 Å². The van der Waals surface area contributed by atoms with Crippen LogP contribution in [-0.4, -0.2) is 26.6 Å². The minimum Gasteiger partial charge on any atom is -0.496 e. The van der Waals surface area contributed by atoms with E-state index in [1.807, 2.05) is 24.3 Å². The van der Waals surface area contributed by atoms with Crippen molar-refractivity contribution in [3.8, 4) is 5.75 Å². The van der Waals surface area contributed by atoms with Crippen LogP contribution in [0.4, 0.5) is 0 Å². The number of carbonyl (C=O) groups excluding carboxylic acids is 1. The van der Waals surface area contributed by atoms with Crippen molar-refractivity contribution in [2.45, 2.75) is 18.8 Å². The van der Waals surface area contributed by atoms with Gasteiger partial charge >= 0.3 is 0 Å². The highest BCUT2D eigenvalue weighted by atomic mass is 16.5. The lowest BCUT2D eigenvalue weighted by Crippen LogP contribution is -2.23. The zero-order valence-electron chi connectivity index (χ0n) is 10.1. The summed E-state index contributed by atoms with van der Waals surface area (Å²) in [6.45, 7) is 1.51. The Morgan fingerprint density at radius 1 is 1.35 bits per heavy atom. The predicted octanol–water partition coefficient (Wildman–Crippen LogP) is 2.40. The first-order valence-corrected chi connectivity index (χ1v) is 6.02. The van der Waals surface area contributed by atoms with E-state index in [0.717, 1.165) is 43.7 Å². The molecule has 1 aromatic carbocycles. The van der Waals surface area contributed by atoms with Crippen LogP contribution in [0.15, 0.2) is 24.3 Å². The first-order valence-electron chi connectivity index (χ1n) is 6.02. The molecule has 0 saturated carbocycles. The van der Waals surface area contributed by atoms with E-state index in [9.17, 15) is 4.79 Å². The van der Waals surface area contributed by atoms with E-state index in [1.54, 1.807) is 7.11 Å². The quantitative estimate of drug-likeness (QED) is 0.750. The maximum Gasteiger partial charge on any atom is 0.127 e. The molecule has 0 spiro atoms. The maximum atomic E-state index is 11.4. The number of carbonyl (C=O) groups is 1. The molecule has 2 rings (SSSR count). The van der Waals surface area contributed by atoms with Crippen molar-refractivity contribution in [3.63, 3.8) is 0 Å². The van der Waals surface area contributed by atoms with Gasteiger partial charge in [-0.05, 0) is 24.8 Å². The Balaban J connectivity index is 2.24. The molecule has 1 aliphatic heterocycles. The Morgan fingerprint density at radius 3 is 2.71 bits per heavy atom. The van der Waals surface area contributed by atoms with Crippen molar-refractivity contribution in [2.24, 2.45) is 5.92 Å². The van der Waals surface area contributed by atoms with Crippen molar-refractivity contribution in [2.75, 3.05) is 20.3 Å². The van der Waals surface area contributed by atoms with Crippen LogP contribution in [-0.2, 0) is 9.53 Å². The van der Waals surface area contributed by atoms with Crippen LogP contribution in [0.2, 0.25) is 0 Å². The highest BCUT2D eigenvalue weighted by Crippen LogP contribution is 2.35. The zero-order chi connectivity index (χ0) is 12.1. The summed E-state index contributed by atoms with van der Waals surface area (Å²) in [4.78, 5) is 11.4. The van der Waals surface area contributed by atoms with Gasteiger partial charge in [-0.25, -0.2) is 0 Å². The van der Waals surface area contributed by atoms with E-state index in [2.05, 4.69) is 0 Å². The van der Waals surface area contributed by atoms with E-state index in [1.165, 1.54) is 0 Å². The summed E-state index contributed by atoms with van der Waals surface area (Å²) in [7, 11) is 1.64. The number of ether oxygens (including phenoxy) is 2. The molecule has 92 valence electrons. The maximum absolute atomic E-state index is 11.4. The summed E-state index contributed by atoms with van der Waals surface area (Å²) in [5.74, 6) is 1.10. The summed E-state index contributed by atoms with van der Waals surface area (Å²) in [5, 5.41) is 0. The van der Waals surface area contributed by atoms with Crippen LogP contribution in [0, 0.1) is 5.92 Å². The van der Waals surface area contributed by atoms with Crippen molar-refractivity contribution in [1.29, 1.82) is 0 Å². The number of hydrogen-bond donors (Lipinski definition) is 0. The summed E-state index contributed by atoms with van der Waals surface area (Å²) in [6, 6.07) is 7.76. The molecule has 1 unspecified atom stereocenters. The van der Waals surface area contributed by atoms with Crippen molar-refractivity contribution < 1.29 is 14.3 Å². The molecule has 1 aliphatic rings. The van der Waals surface area contributed by atoms with Gasteiger partial charge in [0.15, 0.2) is 0 Å². The second-order valence-electron chi connectivity index (χ2n) is 4.35. The van der Waals surface area contributed by atoms with Gasteiger partial charge in [0.2, 0.25) is 0 Å².